The Labute approximate surface area is 122 Å². The highest BCUT2D eigenvalue weighted by Gasteiger charge is 2.26. The molecule has 0 spiro atoms. The van der Waals surface area contributed by atoms with E-state index in [0.29, 0.717) is 25.6 Å². The maximum Gasteiger partial charge on any atom is 0.306 e. The summed E-state index contributed by atoms with van der Waals surface area (Å²) >= 11 is 0. The Bertz CT molecular complexity index is 320. The Kier molecular flexibility index (Phi) is 7.59. The third-order valence-corrected chi connectivity index (χ3v) is 4.08. The molecule has 0 saturated carbocycles. The van der Waals surface area contributed by atoms with Gasteiger partial charge in [0.25, 0.3) is 0 Å². The first-order chi connectivity index (χ1) is 9.62. The molecule has 1 amide bonds. The van der Waals surface area contributed by atoms with Gasteiger partial charge in [-0.2, -0.15) is 0 Å². The highest BCUT2D eigenvalue weighted by Crippen LogP contribution is 2.19. The molecule has 20 heavy (non-hydrogen) atoms. The second kappa shape index (κ2) is 8.95. The molecule has 5 heteroatoms. The van der Waals surface area contributed by atoms with E-state index in [-0.39, 0.29) is 11.9 Å². The molecule has 1 unspecified atom stereocenters. The molecule has 0 radical (unpaired) electrons. The van der Waals surface area contributed by atoms with Gasteiger partial charge in [-0.25, -0.2) is 0 Å². The number of carbonyl (C=O) groups excluding carboxylic acids is 2. The fourth-order valence-corrected chi connectivity index (χ4v) is 2.74. The summed E-state index contributed by atoms with van der Waals surface area (Å²) in [6, 6.07) is 0.399. The van der Waals surface area contributed by atoms with Crippen LogP contribution in [-0.2, 0) is 14.3 Å². The minimum Gasteiger partial charge on any atom is -0.469 e. The third-order valence-electron chi connectivity index (χ3n) is 4.08. The van der Waals surface area contributed by atoms with E-state index in [1.165, 1.54) is 13.5 Å². The lowest BCUT2D eigenvalue weighted by atomic mass is 10.00. The first-order valence-electron chi connectivity index (χ1n) is 7.71. The van der Waals surface area contributed by atoms with E-state index in [0.717, 1.165) is 32.4 Å². The summed E-state index contributed by atoms with van der Waals surface area (Å²) in [4.78, 5) is 27.6. The maximum absolute atomic E-state index is 12.4. The topological polar surface area (TPSA) is 49.9 Å². The van der Waals surface area contributed by atoms with Crippen molar-refractivity contribution < 1.29 is 14.3 Å². The average molecular weight is 284 g/mol. The molecule has 1 heterocycles. The van der Waals surface area contributed by atoms with Crippen LogP contribution in [0.15, 0.2) is 0 Å². The lowest BCUT2D eigenvalue weighted by Crippen LogP contribution is -2.48. The number of carbonyl (C=O) groups is 2. The zero-order valence-electron chi connectivity index (χ0n) is 13.1. The molecule has 5 nitrogen and oxygen atoms in total. The molecule has 1 aliphatic heterocycles. The summed E-state index contributed by atoms with van der Waals surface area (Å²) in [5, 5.41) is 0. The zero-order chi connectivity index (χ0) is 15.0. The van der Waals surface area contributed by atoms with Crippen molar-refractivity contribution in [2.24, 2.45) is 0 Å². The standard InChI is InChI=1S/C15H28N2O3/c1-4-13-8-6-7-10-17(13)14(18)12-16(5-2)11-9-15(19)20-3/h13H,4-12H2,1-3H3. The third kappa shape index (κ3) is 5.12. The van der Waals surface area contributed by atoms with Crippen LogP contribution in [0.4, 0.5) is 0 Å². The highest BCUT2D eigenvalue weighted by atomic mass is 16.5. The number of amides is 1. The van der Waals surface area contributed by atoms with Gasteiger partial charge in [-0.05, 0) is 32.2 Å². The quantitative estimate of drug-likeness (QED) is 0.667. The van der Waals surface area contributed by atoms with Gasteiger partial charge < -0.3 is 9.64 Å². The van der Waals surface area contributed by atoms with Gasteiger partial charge in [0.2, 0.25) is 5.91 Å². The molecule has 0 aliphatic carbocycles. The lowest BCUT2D eigenvalue weighted by molar-refractivity contribution is -0.142. The van der Waals surface area contributed by atoms with Gasteiger partial charge in [-0.1, -0.05) is 13.8 Å². The van der Waals surface area contributed by atoms with Gasteiger partial charge in [0.05, 0.1) is 20.1 Å². The van der Waals surface area contributed by atoms with Crippen molar-refractivity contribution in [3.63, 3.8) is 0 Å². The number of nitrogens with zero attached hydrogens (tertiary/aromatic N) is 2. The van der Waals surface area contributed by atoms with Gasteiger partial charge in [0, 0.05) is 19.1 Å². The van der Waals surface area contributed by atoms with E-state index in [2.05, 4.69) is 11.7 Å². The number of likely N-dealkylation sites (N-methyl/N-ethyl adjacent to an activating group) is 1. The molecule has 0 aromatic heterocycles. The second-order valence-electron chi connectivity index (χ2n) is 5.34. The monoisotopic (exact) mass is 284 g/mol. The normalized spacial score (nSPS) is 19.2. The molecule has 1 fully saturated rings. The van der Waals surface area contributed by atoms with Gasteiger partial charge in [0.1, 0.15) is 0 Å². The van der Waals surface area contributed by atoms with Crippen molar-refractivity contribution in [1.82, 2.24) is 9.80 Å². The van der Waals surface area contributed by atoms with E-state index in [4.69, 9.17) is 0 Å². The summed E-state index contributed by atoms with van der Waals surface area (Å²) in [7, 11) is 1.39. The predicted octanol–water partition coefficient (Wildman–Crippen LogP) is 1.66. The Morgan fingerprint density at radius 2 is 2.05 bits per heavy atom. The van der Waals surface area contributed by atoms with Crippen molar-refractivity contribution in [1.29, 1.82) is 0 Å². The molecular formula is C15H28N2O3. The number of likely N-dealkylation sites (tertiary alicyclic amines) is 1. The summed E-state index contributed by atoms with van der Waals surface area (Å²) < 4.78 is 4.64. The van der Waals surface area contributed by atoms with Gasteiger partial charge >= 0.3 is 5.97 Å². The number of hydrogen-bond donors (Lipinski definition) is 0. The SMILES string of the molecule is CCC1CCCCN1C(=O)CN(CC)CCC(=O)OC. The van der Waals surface area contributed by atoms with Crippen molar-refractivity contribution in [2.45, 2.75) is 52.0 Å². The Hall–Kier alpha value is -1.10. The summed E-state index contributed by atoms with van der Waals surface area (Å²) in [5.41, 5.74) is 0. The van der Waals surface area contributed by atoms with Crippen molar-refractivity contribution in [3.05, 3.63) is 0 Å². The van der Waals surface area contributed by atoms with Crippen LogP contribution in [0.3, 0.4) is 0 Å². The van der Waals surface area contributed by atoms with Crippen LogP contribution in [0.2, 0.25) is 0 Å². The molecule has 1 atom stereocenters. The largest absolute Gasteiger partial charge is 0.469 e. The van der Waals surface area contributed by atoms with Crippen LogP contribution in [-0.4, -0.2) is 61.0 Å². The number of ether oxygens (including phenoxy) is 1. The summed E-state index contributed by atoms with van der Waals surface area (Å²) in [6.07, 6.45) is 4.82. The minimum absolute atomic E-state index is 0.197. The zero-order valence-corrected chi connectivity index (χ0v) is 13.1. The number of methoxy groups -OCH3 is 1. The summed E-state index contributed by atoms with van der Waals surface area (Å²) in [6.45, 7) is 6.80. The van der Waals surface area contributed by atoms with E-state index >= 15 is 0 Å². The average Bonchev–Trinajstić information content (AvgIpc) is 2.50. The lowest BCUT2D eigenvalue weighted by Gasteiger charge is -2.36. The van der Waals surface area contributed by atoms with E-state index < -0.39 is 0 Å². The van der Waals surface area contributed by atoms with Crippen LogP contribution < -0.4 is 0 Å². The first kappa shape index (κ1) is 17.0. The van der Waals surface area contributed by atoms with Crippen LogP contribution in [0, 0.1) is 0 Å². The number of hydrogen-bond acceptors (Lipinski definition) is 4. The molecule has 0 bridgehead atoms. The van der Waals surface area contributed by atoms with Crippen molar-refractivity contribution in [3.8, 4) is 0 Å². The Balaban J connectivity index is 2.46. The molecule has 1 saturated heterocycles. The van der Waals surface area contributed by atoms with Gasteiger partial charge in [-0.3, -0.25) is 14.5 Å². The second-order valence-corrected chi connectivity index (χ2v) is 5.34. The maximum atomic E-state index is 12.4. The van der Waals surface area contributed by atoms with Crippen molar-refractivity contribution in [2.75, 3.05) is 33.3 Å². The molecule has 0 aromatic carbocycles. The molecule has 1 aliphatic rings. The van der Waals surface area contributed by atoms with Crippen molar-refractivity contribution >= 4 is 11.9 Å². The van der Waals surface area contributed by atoms with Crippen LogP contribution in [0.25, 0.3) is 0 Å². The summed E-state index contributed by atoms with van der Waals surface area (Å²) in [5.74, 6) is -0.0245. The van der Waals surface area contributed by atoms with E-state index in [9.17, 15) is 9.59 Å². The molecule has 1 rings (SSSR count). The van der Waals surface area contributed by atoms with Crippen LogP contribution in [0.5, 0.6) is 0 Å². The fraction of sp³-hybridized carbons (Fsp3) is 0.867. The molecular weight excluding hydrogens is 256 g/mol. The Morgan fingerprint density at radius 3 is 2.65 bits per heavy atom. The fourth-order valence-electron chi connectivity index (χ4n) is 2.74. The molecule has 116 valence electrons. The van der Waals surface area contributed by atoms with E-state index in [1.807, 2.05) is 16.7 Å². The number of piperidine rings is 1. The first-order valence-corrected chi connectivity index (χ1v) is 7.71. The number of esters is 1. The molecule has 0 N–H and O–H groups in total. The smallest absolute Gasteiger partial charge is 0.306 e. The van der Waals surface area contributed by atoms with Crippen LogP contribution in [0.1, 0.15) is 46.0 Å². The van der Waals surface area contributed by atoms with E-state index in [1.54, 1.807) is 0 Å². The molecule has 0 aromatic rings. The van der Waals surface area contributed by atoms with Crippen LogP contribution >= 0.6 is 0 Å². The number of rotatable bonds is 7. The van der Waals surface area contributed by atoms with Gasteiger partial charge in [-0.15, -0.1) is 0 Å². The predicted molar refractivity (Wildman–Crippen MR) is 78.4 cm³/mol. The van der Waals surface area contributed by atoms with Gasteiger partial charge in [0.15, 0.2) is 0 Å². The minimum atomic E-state index is -0.222. The Morgan fingerprint density at radius 1 is 1.30 bits per heavy atom. The highest BCUT2D eigenvalue weighted by molar-refractivity contribution is 5.78.